The summed E-state index contributed by atoms with van der Waals surface area (Å²) in [6.45, 7) is 0. The molecule has 0 saturated heterocycles. The molecule has 7 nitrogen and oxygen atoms in total. The number of amides is 1. The van der Waals surface area contributed by atoms with Gasteiger partial charge in [-0.05, 0) is 30.3 Å². The Kier molecular flexibility index (Phi) is 5.42. The van der Waals surface area contributed by atoms with Crippen LogP contribution in [0.25, 0.3) is 0 Å². The van der Waals surface area contributed by atoms with Gasteiger partial charge in [-0.3, -0.25) is 14.4 Å². The fourth-order valence-electron chi connectivity index (χ4n) is 1.99. The largest absolute Gasteiger partial charge is 0.495 e. The molecule has 8 heteroatoms. The number of nitrogens with zero attached hydrogens (tertiary/aromatic N) is 1. The number of carbonyl (C=O) groups is 1. The third-order valence-electron chi connectivity index (χ3n) is 3.30. The van der Waals surface area contributed by atoms with E-state index in [0.29, 0.717) is 11.4 Å². The highest BCUT2D eigenvalue weighted by Gasteiger charge is 2.19. The summed E-state index contributed by atoms with van der Waals surface area (Å²) in [5.74, 6) is -0.0562. The van der Waals surface area contributed by atoms with Crippen LogP contribution in [0, 0.1) is 0 Å². The molecule has 0 aliphatic carbocycles. The number of methoxy groups -OCH3 is 1. The first-order valence-electron chi connectivity index (χ1n) is 6.97. The molecule has 0 fully saturated rings. The van der Waals surface area contributed by atoms with Gasteiger partial charge in [-0.1, -0.05) is 18.2 Å². The van der Waals surface area contributed by atoms with E-state index in [1.54, 1.807) is 24.3 Å². The molecule has 0 heterocycles. The van der Waals surface area contributed by atoms with Crippen LogP contribution in [0.1, 0.15) is 10.4 Å². The highest BCUT2D eigenvalue weighted by Crippen LogP contribution is 2.26. The number of carbonyl (C=O) groups excluding carboxylic acids is 1. The second-order valence-corrected chi connectivity index (χ2v) is 6.50. The van der Waals surface area contributed by atoms with Gasteiger partial charge < -0.3 is 4.74 Å². The minimum Gasteiger partial charge on any atom is -0.495 e. The molecular weight excluding hydrogens is 332 g/mol. The van der Waals surface area contributed by atoms with Gasteiger partial charge in [0.15, 0.2) is 0 Å². The molecule has 0 saturated carbocycles. The lowest BCUT2D eigenvalue weighted by molar-refractivity contribution is -0.0757. The first-order valence-corrected chi connectivity index (χ1v) is 8.45. The molecule has 128 valence electrons. The zero-order chi connectivity index (χ0) is 17.7. The lowest BCUT2D eigenvalue weighted by Crippen LogP contribution is -2.25. The third-order valence-corrected chi connectivity index (χ3v) is 4.67. The van der Waals surface area contributed by atoms with Gasteiger partial charge in [-0.25, -0.2) is 13.5 Å². The van der Waals surface area contributed by atoms with E-state index in [1.807, 2.05) is 0 Å². The van der Waals surface area contributed by atoms with E-state index in [2.05, 4.69) is 4.72 Å². The van der Waals surface area contributed by atoms with Crippen LogP contribution < -0.4 is 9.46 Å². The molecule has 2 aromatic carbocycles. The molecule has 2 aromatic rings. The van der Waals surface area contributed by atoms with Gasteiger partial charge in [-0.2, -0.15) is 0 Å². The van der Waals surface area contributed by atoms with Gasteiger partial charge in [0.1, 0.15) is 5.75 Å². The molecule has 0 aliphatic heterocycles. The van der Waals surface area contributed by atoms with Gasteiger partial charge in [0, 0.05) is 12.6 Å². The zero-order valence-corrected chi connectivity index (χ0v) is 14.3. The molecule has 0 atom stereocenters. The number of hydrogen-bond acceptors (Lipinski definition) is 5. The van der Waals surface area contributed by atoms with Gasteiger partial charge >= 0.3 is 0 Å². The smallest absolute Gasteiger partial charge is 0.277 e. The summed E-state index contributed by atoms with van der Waals surface area (Å²) in [4.78, 5) is 16.9. The summed E-state index contributed by atoms with van der Waals surface area (Å²) < 4.78 is 32.7. The number of anilines is 1. The highest BCUT2D eigenvalue weighted by atomic mass is 32.2. The van der Waals surface area contributed by atoms with Crippen molar-refractivity contribution in [1.82, 2.24) is 5.06 Å². The van der Waals surface area contributed by atoms with Crippen molar-refractivity contribution in [2.75, 3.05) is 26.0 Å². The van der Waals surface area contributed by atoms with Crippen molar-refractivity contribution in [3.05, 3.63) is 54.1 Å². The van der Waals surface area contributed by atoms with Crippen LogP contribution in [0.2, 0.25) is 0 Å². The number of benzene rings is 2. The van der Waals surface area contributed by atoms with E-state index in [4.69, 9.17) is 9.57 Å². The molecule has 1 N–H and O–H groups in total. The van der Waals surface area contributed by atoms with Crippen LogP contribution in [-0.4, -0.2) is 40.7 Å². The Morgan fingerprint density at radius 2 is 1.79 bits per heavy atom. The number of nitrogens with one attached hydrogen (secondary N) is 1. The van der Waals surface area contributed by atoms with Crippen LogP contribution in [-0.2, 0) is 14.9 Å². The van der Waals surface area contributed by atoms with E-state index in [1.165, 1.54) is 45.5 Å². The second kappa shape index (κ2) is 7.33. The van der Waals surface area contributed by atoms with Gasteiger partial charge in [0.05, 0.1) is 24.8 Å². The molecular formula is C16H18N2O5S. The first kappa shape index (κ1) is 17.8. The van der Waals surface area contributed by atoms with Gasteiger partial charge in [0.2, 0.25) is 0 Å². The Labute approximate surface area is 140 Å². The van der Waals surface area contributed by atoms with Crippen molar-refractivity contribution in [2.45, 2.75) is 4.90 Å². The SMILES string of the molecule is COc1ccccc1NS(=O)(=O)c1cccc(C(=O)N(C)OC)c1. The Morgan fingerprint density at radius 1 is 1.08 bits per heavy atom. The quantitative estimate of drug-likeness (QED) is 0.807. The van der Waals surface area contributed by atoms with Gasteiger partial charge in [-0.15, -0.1) is 0 Å². The van der Waals surface area contributed by atoms with Crippen LogP contribution in [0.5, 0.6) is 5.75 Å². The highest BCUT2D eigenvalue weighted by molar-refractivity contribution is 7.92. The van der Waals surface area contributed by atoms with E-state index >= 15 is 0 Å². The molecule has 0 aromatic heterocycles. The fourth-order valence-corrected chi connectivity index (χ4v) is 3.11. The lowest BCUT2D eigenvalue weighted by Gasteiger charge is -2.15. The number of para-hydroxylation sites is 2. The molecule has 0 aliphatic rings. The monoisotopic (exact) mass is 350 g/mol. The van der Waals surface area contributed by atoms with Crippen LogP contribution in [0.3, 0.4) is 0 Å². The minimum absolute atomic E-state index is 0.0382. The van der Waals surface area contributed by atoms with Crippen molar-refractivity contribution >= 4 is 21.6 Å². The Bertz CT molecular complexity index is 836. The molecule has 0 unspecified atom stereocenters. The van der Waals surface area contributed by atoms with Crippen LogP contribution >= 0.6 is 0 Å². The maximum atomic E-state index is 12.6. The average Bonchev–Trinajstić information content (AvgIpc) is 2.60. The number of hydroxylamine groups is 2. The van der Waals surface area contributed by atoms with Gasteiger partial charge in [0.25, 0.3) is 15.9 Å². The predicted molar refractivity (Wildman–Crippen MR) is 89.3 cm³/mol. The van der Waals surface area contributed by atoms with Crippen molar-refractivity contribution in [3.63, 3.8) is 0 Å². The summed E-state index contributed by atoms with van der Waals surface area (Å²) in [6, 6.07) is 12.4. The number of hydrogen-bond donors (Lipinski definition) is 1. The summed E-state index contributed by atoms with van der Waals surface area (Å²) >= 11 is 0. The standard InChI is InChI=1S/C16H18N2O5S/c1-18(23-3)16(19)12-7-6-8-13(11-12)24(20,21)17-14-9-4-5-10-15(14)22-2/h4-11,17H,1-3H3. The van der Waals surface area contributed by atoms with Crippen molar-refractivity contribution < 1.29 is 22.8 Å². The van der Waals surface area contributed by atoms with Crippen molar-refractivity contribution in [2.24, 2.45) is 0 Å². The van der Waals surface area contributed by atoms with E-state index < -0.39 is 15.9 Å². The Hall–Kier alpha value is -2.58. The summed E-state index contributed by atoms with van der Waals surface area (Å²) in [7, 11) is 0.365. The third kappa shape index (κ3) is 3.84. The summed E-state index contributed by atoms with van der Waals surface area (Å²) in [5.41, 5.74) is 0.507. The number of rotatable bonds is 6. The molecule has 1 amide bonds. The molecule has 2 rings (SSSR count). The Morgan fingerprint density at radius 3 is 2.46 bits per heavy atom. The lowest BCUT2D eigenvalue weighted by atomic mass is 10.2. The first-order chi connectivity index (χ1) is 11.4. The van der Waals surface area contributed by atoms with E-state index in [-0.39, 0.29) is 10.5 Å². The summed E-state index contributed by atoms with van der Waals surface area (Å²) in [5, 5.41) is 1.01. The topological polar surface area (TPSA) is 84.9 Å². The second-order valence-electron chi connectivity index (χ2n) is 4.82. The van der Waals surface area contributed by atoms with Crippen LogP contribution in [0.15, 0.2) is 53.4 Å². The van der Waals surface area contributed by atoms with Crippen molar-refractivity contribution in [1.29, 1.82) is 0 Å². The van der Waals surface area contributed by atoms with Crippen molar-refractivity contribution in [3.8, 4) is 5.75 Å². The Balaban J connectivity index is 2.35. The predicted octanol–water partition coefficient (Wildman–Crippen LogP) is 2.13. The normalized spacial score (nSPS) is 11.0. The maximum Gasteiger partial charge on any atom is 0.277 e. The van der Waals surface area contributed by atoms with E-state index in [9.17, 15) is 13.2 Å². The molecule has 24 heavy (non-hydrogen) atoms. The average molecular weight is 350 g/mol. The summed E-state index contributed by atoms with van der Waals surface area (Å²) in [6.07, 6.45) is 0. The molecule has 0 spiro atoms. The maximum absolute atomic E-state index is 12.6. The fraction of sp³-hybridized carbons (Fsp3) is 0.188. The molecule has 0 radical (unpaired) electrons. The van der Waals surface area contributed by atoms with Crippen LogP contribution in [0.4, 0.5) is 5.69 Å². The van der Waals surface area contributed by atoms with E-state index in [0.717, 1.165) is 5.06 Å². The number of ether oxygens (including phenoxy) is 1. The molecule has 0 bridgehead atoms. The minimum atomic E-state index is -3.88. The zero-order valence-electron chi connectivity index (χ0n) is 13.5. The number of sulfonamides is 1.